The van der Waals surface area contributed by atoms with Gasteiger partial charge in [0, 0.05) is 5.56 Å². The molecule has 0 saturated heterocycles. The lowest BCUT2D eigenvalue weighted by atomic mass is 9.80. The van der Waals surface area contributed by atoms with Crippen molar-refractivity contribution in [1.82, 2.24) is 20.1 Å². The van der Waals surface area contributed by atoms with E-state index in [0.717, 1.165) is 24.2 Å². The highest BCUT2D eigenvalue weighted by molar-refractivity contribution is 7.71. The van der Waals surface area contributed by atoms with Gasteiger partial charge in [0.25, 0.3) is 0 Å². The summed E-state index contributed by atoms with van der Waals surface area (Å²) in [4.78, 5) is 12.9. The van der Waals surface area contributed by atoms with Crippen LogP contribution in [0.1, 0.15) is 30.5 Å². The molecule has 0 spiro atoms. The monoisotopic (exact) mass is 408 g/mol. The summed E-state index contributed by atoms with van der Waals surface area (Å²) >= 11 is 5.37. The molecule has 0 saturated carbocycles. The first-order chi connectivity index (χ1) is 14.1. The predicted molar refractivity (Wildman–Crippen MR) is 114 cm³/mol. The Labute approximate surface area is 174 Å². The summed E-state index contributed by atoms with van der Waals surface area (Å²) in [5, 5.41) is 10.3. The highest BCUT2D eigenvalue weighted by Crippen LogP contribution is 2.34. The van der Waals surface area contributed by atoms with E-state index in [1.165, 1.54) is 11.1 Å². The van der Waals surface area contributed by atoms with Crippen molar-refractivity contribution in [2.75, 3.05) is 7.11 Å². The summed E-state index contributed by atoms with van der Waals surface area (Å²) in [6.45, 7) is 2.30. The number of benzene rings is 2. The number of carbonyl (C=O) groups is 1. The molecule has 2 N–H and O–H groups in total. The number of nitrogens with one attached hydrogen (secondary N) is 2. The fraction of sp³-hybridized carbons (Fsp3) is 0.318. The SMILES string of the molecule is COc1ccc(-c2n[nH]c(=S)n2CC(=O)N[C@H]2c3ccccc3CC[C@@H]2C)cc1. The van der Waals surface area contributed by atoms with Crippen LogP contribution >= 0.6 is 12.2 Å². The van der Waals surface area contributed by atoms with Crippen LogP contribution in [0.25, 0.3) is 11.4 Å². The number of ether oxygens (including phenoxy) is 1. The van der Waals surface area contributed by atoms with Crippen LogP contribution in [0.3, 0.4) is 0 Å². The number of amides is 1. The molecule has 4 rings (SSSR count). The third-order valence-electron chi connectivity index (χ3n) is 5.55. The van der Waals surface area contributed by atoms with Crippen LogP contribution in [0.2, 0.25) is 0 Å². The van der Waals surface area contributed by atoms with E-state index in [4.69, 9.17) is 17.0 Å². The standard InChI is InChI=1S/C22H24N4O2S/c1-14-7-8-15-5-3-4-6-18(15)20(14)23-19(27)13-26-21(24-25-22(26)29)16-9-11-17(28-2)12-10-16/h3-6,9-12,14,20H,7-8,13H2,1-2H3,(H,23,27)(H,25,29)/t14-,20+/m0/s1. The van der Waals surface area contributed by atoms with Crippen molar-refractivity contribution in [1.29, 1.82) is 0 Å². The first kappa shape index (κ1) is 19.4. The molecule has 0 bridgehead atoms. The Balaban J connectivity index is 1.55. The molecule has 150 valence electrons. The van der Waals surface area contributed by atoms with Gasteiger partial charge in [-0.05, 0) is 66.4 Å². The van der Waals surface area contributed by atoms with E-state index in [0.29, 0.717) is 16.5 Å². The van der Waals surface area contributed by atoms with Gasteiger partial charge in [0.2, 0.25) is 5.91 Å². The van der Waals surface area contributed by atoms with E-state index >= 15 is 0 Å². The number of aromatic nitrogens is 3. The van der Waals surface area contributed by atoms with E-state index in [1.807, 2.05) is 30.3 Å². The van der Waals surface area contributed by atoms with Gasteiger partial charge in [-0.15, -0.1) is 0 Å². The van der Waals surface area contributed by atoms with Crippen molar-refractivity contribution in [3.63, 3.8) is 0 Å². The summed E-state index contributed by atoms with van der Waals surface area (Å²) in [5.74, 6) is 1.69. The fourth-order valence-electron chi connectivity index (χ4n) is 3.93. The van der Waals surface area contributed by atoms with Crippen LogP contribution in [0, 0.1) is 10.7 Å². The molecule has 2 aromatic carbocycles. The zero-order valence-electron chi connectivity index (χ0n) is 16.5. The average Bonchev–Trinajstić information content (AvgIpc) is 3.10. The van der Waals surface area contributed by atoms with Gasteiger partial charge in [0.1, 0.15) is 12.3 Å². The Bertz CT molecular complexity index is 1070. The summed E-state index contributed by atoms with van der Waals surface area (Å²) in [6, 6.07) is 15.9. The molecule has 0 fully saturated rings. The van der Waals surface area contributed by atoms with Gasteiger partial charge in [0.05, 0.1) is 13.2 Å². The molecule has 1 amide bonds. The normalized spacial score (nSPS) is 18.1. The fourth-order valence-corrected chi connectivity index (χ4v) is 4.13. The number of carbonyl (C=O) groups excluding carboxylic acids is 1. The van der Waals surface area contributed by atoms with Crippen LogP contribution in [0.4, 0.5) is 0 Å². The van der Waals surface area contributed by atoms with Crippen molar-refractivity contribution in [3.05, 3.63) is 64.4 Å². The summed E-state index contributed by atoms with van der Waals surface area (Å²) in [6.07, 6.45) is 2.11. The highest BCUT2D eigenvalue weighted by atomic mass is 32.1. The van der Waals surface area contributed by atoms with Gasteiger partial charge in [-0.25, -0.2) is 0 Å². The minimum absolute atomic E-state index is 0.0120. The molecule has 0 aliphatic heterocycles. The molecule has 0 unspecified atom stereocenters. The summed E-state index contributed by atoms with van der Waals surface area (Å²) in [7, 11) is 1.62. The lowest BCUT2D eigenvalue weighted by Gasteiger charge is -2.32. The molecular weight excluding hydrogens is 384 g/mol. The Morgan fingerprint density at radius 3 is 2.79 bits per heavy atom. The molecular formula is C22H24N4O2S. The number of aromatic amines is 1. The number of aryl methyl sites for hydroxylation is 1. The summed E-state index contributed by atoms with van der Waals surface area (Å²) < 4.78 is 7.36. The second-order valence-corrected chi connectivity index (χ2v) is 7.81. The van der Waals surface area contributed by atoms with Crippen molar-refractivity contribution in [2.24, 2.45) is 5.92 Å². The number of H-pyrrole nitrogens is 1. The molecule has 1 heterocycles. The molecule has 1 aliphatic rings. The molecule has 1 aromatic heterocycles. The first-order valence-corrected chi connectivity index (χ1v) is 10.1. The van der Waals surface area contributed by atoms with E-state index in [2.05, 4.69) is 40.6 Å². The molecule has 29 heavy (non-hydrogen) atoms. The summed E-state index contributed by atoms with van der Waals surface area (Å²) in [5.41, 5.74) is 3.39. The zero-order chi connectivity index (χ0) is 20.4. The third-order valence-corrected chi connectivity index (χ3v) is 5.86. The van der Waals surface area contributed by atoms with Crippen molar-refractivity contribution in [3.8, 4) is 17.1 Å². The van der Waals surface area contributed by atoms with Crippen LogP contribution in [0.5, 0.6) is 5.75 Å². The van der Waals surface area contributed by atoms with Gasteiger partial charge in [-0.1, -0.05) is 31.2 Å². The number of nitrogens with zero attached hydrogens (tertiary/aromatic N) is 2. The van der Waals surface area contributed by atoms with Crippen LogP contribution < -0.4 is 10.1 Å². The van der Waals surface area contributed by atoms with E-state index < -0.39 is 0 Å². The minimum Gasteiger partial charge on any atom is -0.497 e. The van der Waals surface area contributed by atoms with Crippen molar-refractivity contribution >= 4 is 18.1 Å². The first-order valence-electron chi connectivity index (χ1n) is 9.73. The Morgan fingerprint density at radius 1 is 1.28 bits per heavy atom. The number of hydrogen-bond acceptors (Lipinski definition) is 4. The quantitative estimate of drug-likeness (QED) is 0.625. The molecule has 3 aromatic rings. The molecule has 2 atom stereocenters. The lowest BCUT2D eigenvalue weighted by molar-refractivity contribution is -0.122. The van der Waals surface area contributed by atoms with E-state index in [1.54, 1.807) is 11.7 Å². The van der Waals surface area contributed by atoms with Gasteiger partial charge in [-0.3, -0.25) is 14.5 Å². The van der Waals surface area contributed by atoms with Crippen LogP contribution in [-0.4, -0.2) is 27.8 Å². The number of hydrogen-bond donors (Lipinski definition) is 2. The Kier molecular flexibility index (Phi) is 5.49. The number of methoxy groups -OCH3 is 1. The molecule has 7 heteroatoms. The van der Waals surface area contributed by atoms with Gasteiger partial charge in [-0.2, -0.15) is 5.10 Å². The van der Waals surface area contributed by atoms with Gasteiger partial charge >= 0.3 is 0 Å². The molecule has 1 aliphatic carbocycles. The lowest BCUT2D eigenvalue weighted by Crippen LogP contribution is -2.37. The highest BCUT2D eigenvalue weighted by Gasteiger charge is 2.27. The van der Waals surface area contributed by atoms with Gasteiger partial charge in [0.15, 0.2) is 10.6 Å². The van der Waals surface area contributed by atoms with Crippen LogP contribution in [-0.2, 0) is 17.8 Å². The predicted octanol–water partition coefficient (Wildman–Crippen LogP) is 4.06. The number of fused-ring (bicyclic) bond motifs is 1. The molecule has 0 radical (unpaired) electrons. The maximum absolute atomic E-state index is 12.9. The third kappa shape index (κ3) is 3.96. The maximum Gasteiger partial charge on any atom is 0.240 e. The minimum atomic E-state index is -0.0779. The van der Waals surface area contributed by atoms with E-state index in [-0.39, 0.29) is 18.5 Å². The number of rotatable bonds is 5. The largest absolute Gasteiger partial charge is 0.497 e. The smallest absolute Gasteiger partial charge is 0.240 e. The Morgan fingerprint density at radius 2 is 2.03 bits per heavy atom. The topological polar surface area (TPSA) is 71.9 Å². The second kappa shape index (κ2) is 8.21. The second-order valence-electron chi connectivity index (χ2n) is 7.43. The molecule has 6 nitrogen and oxygen atoms in total. The maximum atomic E-state index is 12.9. The Hall–Kier alpha value is -2.93. The van der Waals surface area contributed by atoms with Crippen LogP contribution in [0.15, 0.2) is 48.5 Å². The average molecular weight is 409 g/mol. The van der Waals surface area contributed by atoms with E-state index in [9.17, 15) is 4.79 Å². The van der Waals surface area contributed by atoms with Crippen molar-refractivity contribution in [2.45, 2.75) is 32.4 Å². The van der Waals surface area contributed by atoms with Crippen molar-refractivity contribution < 1.29 is 9.53 Å². The zero-order valence-corrected chi connectivity index (χ0v) is 17.3. The van der Waals surface area contributed by atoms with Gasteiger partial charge < -0.3 is 10.1 Å².